The van der Waals surface area contributed by atoms with Crippen molar-refractivity contribution in [3.8, 4) is 6.07 Å². The lowest BCUT2D eigenvalue weighted by molar-refractivity contribution is -0.126. The quantitative estimate of drug-likeness (QED) is 0.688. The molecule has 0 unspecified atom stereocenters. The van der Waals surface area contributed by atoms with Crippen molar-refractivity contribution >= 4 is 5.91 Å². The van der Waals surface area contributed by atoms with Crippen LogP contribution in [0.1, 0.15) is 25.7 Å². The number of hydrogen-bond acceptors (Lipinski definition) is 4. The molecule has 0 saturated carbocycles. The molecular formula is C14H26N4O. The van der Waals surface area contributed by atoms with Gasteiger partial charge in [0.2, 0.25) is 5.91 Å². The first-order chi connectivity index (χ1) is 9.13. The molecule has 0 atom stereocenters. The molecule has 1 heterocycles. The van der Waals surface area contributed by atoms with Crippen LogP contribution in [0.5, 0.6) is 0 Å². The highest BCUT2D eigenvalue weighted by Crippen LogP contribution is 2.17. The van der Waals surface area contributed by atoms with Crippen LogP contribution in [0.2, 0.25) is 0 Å². The number of carbonyl (C=O) groups excluding carboxylic acids is 1. The zero-order valence-electron chi connectivity index (χ0n) is 12.2. The Balaban J connectivity index is 2.13. The van der Waals surface area contributed by atoms with E-state index in [-0.39, 0.29) is 11.8 Å². The summed E-state index contributed by atoms with van der Waals surface area (Å²) in [7, 11) is 4.08. The van der Waals surface area contributed by atoms with E-state index in [1.807, 2.05) is 14.1 Å². The normalized spacial score (nSPS) is 17.4. The highest BCUT2D eigenvalue weighted by Gasteiger charge is 2.24. The summed E-state index contributed by atoms with van der Waals surface area (Å²) in [5, 5.41) is 11.6. The number of carbonyl (C=O) groups is 1. The SMILES string of the molecule is CN(C)CCCNC(=O)C1CCN(CCC#N)CC1. The first kappa shape index (κ1) is 15.9. The van der Waals surface area contributed by atoms with Gasteiger partial charge in [0.25, 0.3) is 0 Å². The summed E-state index contributed by atoms with van der Waals surface area (Å²) in [6.45, 7) is 4.50. The predicted molar refractivity (Wildman–Crippen MR) is 75.6 cm³/mol. The molecule has 0 aromatic heterocycles. The van der Waals surface area contributed by atoms with E-state index in [0.717, 1.165) is 52.0 Å². The lowest BCUT2D eigenvalue weighted by Gasteiger charge is -2.30. The molecule has 0 spiro atoms. The van der Waals surface area contributed by atoms with Gasteiger partial charge in [-0.25, -0.2) is 0 Å². The van der Waals surface area contributed by atoms with Gasteiger partial charge in [0.15, 0.2) is 0 Å². The van der Waals surface area contributed by atoms with Crippen LogP contribution in [-0.2, 0) is 4.79 Å². The molecule has 0 aliphatic carbocycles. The van der Waals surface area contributed by atoms with Crippen molar-refractivity contribution in [1.82, 2.24) is 15.1 Å². The van der Waals surface area contributed by atoms with Crippen molar-refractivity contribution in [2.45, 2.75) is 25.7 Å². The summed E-state index contributed by atoms with van der Waals surface area (Å²) in [4.78, 5) is 16.4. The second-order valence-electron chi connectivity index (χ2n) is 5.47. The minimum Gasteiger partial charge on any atom is -0.356 e. The summed E-state index contributed by atoms with van der Waals surface area (Å²) in [6, 6.07) is 2.17. The summed E-state index contributed by atoms with van der Waals surface area (Å²) >= 11 is 0. The smallest absolute Gasteiger partial charge is 0.223 e. The van der Waals surface area contributed by atoms with E-state index in [0.29, 0.717) is 6.42 Å². The van der Waals surface area contributed by atoms with Crippen molar-refractivity contribution in [2.24, 2.45) is 5.92 Å². The average molecular weight is 266 g/mol. The maximum absolute atomic E-state index is 12.0. The van der Waals surface area contributed by atoms with Gasteiger partial charge in [0.05, 0.1) is 6.07 Å². The van der Waals surface area contributed by atoms with Gasteiger partial charge >= 0.3 is 0 Å². The van der Waals surface area contributed by atoms with Crippen LogP contribution in [0.25, 0.3) is 0 Å². The number of piperidine rings is 1. The van der Waals surface area contributed by atoms with E-state index in [4.69, 9.17) is 5.26 Å². The third-order valence-corrected chi connectivity index (χ3v) is 3.58. The first-order valence-electron chi connectivity index (χ1n) is 7.15. The van der Waals surface area contributed by atoms with Crippen molar-refractivity contribution < 1.29 is 4.79 Å². The van der Waals surface area contributed by atoms with Gasteiger partial charge in [-0.05, 0) is 53.0 Å². The maximum atomic E-state index is 12.0. The fraction of sp³-hybridized carbons (Fsp3) is 0.857. The molecule has 1 N–H and O–H groups in total. The maximum Gasteiger partial charge on any atom is 0.223 e. The third kappa shape index (κ3) is 6.55. The average Bonchev–Trinajstić information content (AvgIpc) is 2.41. The fourth-order valence-electron chi connectivity index (χ4n) is 2.38. The molecule has 1 aliphatic rings. The van der Waals surface area contributed by atoms with E-state index in [9.17, 15) is 4.79 Å². The molecule has 5 heteroatoms. The molecular weight excluding hydrogens is 240 g/mol. The molecule has 0 radical (unpaired) electrons. The van der Waals surface area contributed by atoms with Gasteiger partial charge in [0.1, 0.15) is 0 Å². The van der Waals surface area contributed by atoms with Crippen molar-refractivity contribution in [3.63, 3.8) is 0 Å². The Bertz CT molecular complexity index is 303. The highest BCUT2D eigenvalue weighted by atomic mass is 16.1. The molecule has 0 aromatic carbocycles. The van der Waals surface area contributed by atoms with Crippen LogP contribution in [0, 0.1) is 17.2 Å². The number of rotatable bonds is 7. The van der Waals surface area contributed by atoms with Crippen LogP contribution in [-0.4, -0.2) is 62.5 Å². The molecule has 0 bridgehead atoms. The molecule has 1 rings (SSSR count). The minimum atomic E-state index is 0.165. The molecule has 1 saturated heterocycles. The van der Waals surface area contributed by atoms with Gasteiger partial charge in [0, 0.05) is 25.4 Å². The number of nitriles is 1. The zero-order chi connectivity index (χ0) is 14.1. The number of amides is 1. The van der Waals surface area contributed by atoms with Crippen LogP contribution in [0.3, 0.4) is 0 Å². The predicted octanol–water partition coefficient (Wildman–Crippen LogP) is 0.680. The Hall–Kier alpha value is -1.12. The third-order valence-electron chi connectivity index (χ3n) is 3.58. The lowest BCUT2D eigenvalue weighted by atomic mass is 9.96. The fourth-order valence-corrected chi connectivity index (χ4v) is 2.38. The summed E-state index contributed by atoms with van der Waals surface area (Å²) in [5.74, 6) is 0.372. The highest BCUT2D eigenvalue weighted by molar-refractivity contribution is 5.78. The van der Waals surface area contributed by atoms with Crippen molar-refractivity contribution in [3.05, 3.63) is 0 Å². The van der Waals surface area contributed by atoms with E-state index in [2.05, 4.69) is 21.2 Å². The Labute approximate surface area is 116 Å². The van der Waals surface area contributed by atoms with Crippen molar-refractivity contribution in [1.29, 1.82) is 5.26 Å². The molecule has 0 aromatic rings. The van der Waals surface area contributed by atoms with Crippen LogP contribution in [0.15, 0.2) is 0 Å². The first-order valence-corrected chi connectivity index (χ1v) is 7.15. The summed E-state index contributed by atoms with van der Waals surface area (Å²) in [5.41, 5.74) is 0. The number of likely N-dealkylation sites (tertiary alicyclic amines) is 1. The van der Waals surface area contributed by atoms with Crippen molar-refractivity contribution in [2.75, 3.05) is 46.8 Å². The summed E-state index contributed by atoms with van der Waals surface area (Å²) < 4.78 is 0. The van der Waals surface area contributed by atoms with Crippen LogP contribution in [0.4, 0.5) is 0 Å². The molecule has 5 nitrogen and oxygen atoms in total. The Kier molecular flexibility index (Phi) is 7.46. The van der Waals surface area contributed by atoms with E-state index < -0.39 is 0 Å². The standard InChI is InChI=1S/C14H26N4O/c1-17(2)9-4-8-16-14(19)13-5-11-18(12-6-13)10-3-7-15/h13H,3-6,8-12H2,1-2H3,(H,16,19). The molecule has 1 amide bonds. The number of nitrogens with one attached hydrogen (secondary N) is 1. The van der Waals surface area contributed by atoms with Crippen LogP contribution >= 0.6 is 0 Å². The van der Waals surface area contributed by atoms with E-state index in [1.54, 1.807) is 0 Å². The van der Waals surface area contributed by atoms with Gasteiger partial charge in [-0.1, -0.05) is 0 Å². The lowest BCUT2D eigenvalue weighted by Crippen LogP contribution is -2.41. The second kappa shape index (κ2) is 8.89. The number of hydrogen-bond donors (Lipinski definition) is 1. The summed E-state index contributed by atoms with van der Waals surface area (Å²) in [6.07, 6.45) is 3.43. The van der Waals surface area contributed by atoms with E-state index in [1.165, 1.54) is 0 Å². The van der Waals surface area contributed by atoms with Gasteiger partial charge in [-0.15, -0.1) is 0 Å². The Morgan fingerprint density at radius 3 is 2.68 bits per heavy atom. The minimum absolute atomic E-state index is 0.165. The molecule has 19 heavy (non-hydrogen) atoms. The topological polar surface area (TPSA) is 59.4 Å². The van der Waals surface area contributed by atoms with Gasteiger partial charge in [-0.2, -0.15) is 5.26 Å². The largest absolute Gasteiger partial charge is 0.356 e. The zero-order valence-corrected chi connectivity index (χ0v) is 12.2. The van der Waals surface area contributed by atoms with Gasteiger partial charge < -0.3 is 15.1 Å². The Morgan fingerprint density at radius 1 is 1.42 bits per heavy atom. The van der Waals surface area contributed by atoms with Crippen LogP contribution < -0.4 is 5.32 Å². The van der Waals surface area contributed by atoms with Gasteiger partial charge in [-0.3, -0.25) is 4.79 Å². The number of nitrogens with zero attached hydrogens (tertiary/aromatic N) is 3. The molecule has 108 valence electrons. The Morgan fingerprint density at radius 2 is 2.11 bits per heavy atom. The monoisotopic (exact) mass is 266 g/mol. The molecule has 1 fully saturated rings. The van der Waals surface area contributed by atoms with E-state index >= 15 is 0 Å². The molecule has 1 aliphatic heterocycles. The second-order valence-corrected chi connectivity index (χ2v) is 5.47.